The number of phosphoric ester groups is 2. The molecule has 8 atom stereocenters. The Bertz CT molecular complexity index is 1670. The topological polar surface area (TPSA) is 329 Å². The van der Waals surface area contributed by atoms with E-state index in [2.05, 4.69) is 32.0 Å². The molecule has 1 aliphatic heterocycles. The lowest BCUT2D eigenvalue weighted by atomic mass is 9.95. The smallest absolute Gasteiger partial charge is 0.478 e. The van der Waals surface area contributed by atoms with Gasteiger partial charge in [-0.05, 0) is 18.6 Å². The van der Waals surface area contributed by atoms with Gasteiger partial charge in [-0.15, -0.1) is 0 Å². The quantitative estimate of drug-likeness (QED) is 0.0969. The number of H-pyrrole nitrogens is 1. The molecule has 26 heteroatoms. The van der Waals surface area contributed by atoms with Crippen LogP contribution < -0.4 is 36.5 Å². The maximum absolute atomic E-state index is 12.7. The third-order valence-corrected chi connectivity index (χ3v) is 11.6. The summed E-state index contributed by atoms with van der Waals surface area (Å²) in [7, 11) is -24.4. The second kappa shape index (κ2) is 15.8. The summed E-state index contributed by atoms with van der Waals surface area (Å²) in [6.07, 6.45) is -4.50. The van der Waals surface area contributed by atoms with Crippen LogP contribution in [0.5, 0.6) is 0 Å². The number of nitrogens with one attached hydrogen (secondary N) is 2. The number of ether oxygens (including phenoxy) is 1. The first-order valence-corrected chi connectivity index (χ1v) is 18.5. The molecule has 5 unspecified atom stereocenters. The number of aliphatic hydroxyl groups excluding tert-OH is 1. The minimum absolute atomic E-state index is 0.0744. The summed E-state index contributed by atoms with van der Waals surface area (Å²) in [5, 5.41) is 24.4. The van der Waals surface area contributed by atoms with E-state index in [1.54, 1.807) is 30.3 Å². The highest BCUT2D eigenvalue weighted by atomic mass is 31.3. The fourth-order valence-electron chi connectivity index (χ4n) is 3.85. The lowest BCUT2D eigenvalue weighted by Gasteiger charge is -2.34. The maximum Gasteiger partial charge on any atom is 0.478 e. The first-order chi connectivity index (χ1) is 21.4. The minimum Gasteiger partial charge on any atom is -0.756 e. The van der Waals surface area contributed by atoms with E-state index in [1.165, 1.54) is 6.92 Å². The number of aromatic amines is 1. The Hall–Kier alpha value is -2.19. The summed E-state index contributed by atoms with van der Waals surface area (Å²) in [5.41, 5.74) is -1.46. The highest BCUT2D eigenvalue weighted by molar-refractivity contribution is 7.69. The van der Waals surface area contributed by atoms with Crippen molar-refractivity contribution in [2.45, 2.75) is 38.2 Å². The number of aliphatic hydroxyl groups is 1. The van der Waals surface area contributed by atoms with Gasteiger partial charge in [0.25, 0.3) is 29.0 Å². The first kappa shape index (κ1) is 38.3. The highest BCUT2D eigenvalue weighted by Gasteiger charge is 2.47. The van der Waals surface area contributed by atoms with Crippen LogP contribution in [0.2, 0.25) is 0 Å². The largest absolute Gasteiger partial charge is 0.756 e. The number of anilines is 1. The molecule has 1 fully saturated rings. The average Bonchev–Trinajstić information content (AvgIpc) is 3.24. The van der Waals surface area contributed by atoms with E-state index >= 15 is 0 Å². The molecule has 0 spiro atoms. The number of amides is 1. The fourth-order valence-corrected chi connectivity index (χ4v) is 8.90. The van der Waals surface area contributed by atoms with E-state index in [-0.39, 0.29) is 6.42 Å². The normalized spacial score (nSPS) is 25.1. The van der Waals surface area contributed by atoms with Gasteiger partial charge in [0, 0.05) is 30.3 Å². The van der Waals surface area contributed by atoms with E-state index in [1.807, 2.05) is 4.98 Å². The number of carbonyl (C=O) groups is 1. The van der Waals surface area contributed by atoms with E-state index < -0.39 is 92.4 Å². The molecule has 3 rings (SSSR count). The van der Waals surface area contributed by atoms with E-state index in [0.29, 0.717) is 5.69 Å². The van der Waals surface area contributed by atoms with Crippen LogP contribution in [0.4, 0.5) is 5.69 Å². The van der Waals surface area contributed by atoms with E-state index in [0.717, 1.165) is 16.8 Å². The Morgan fingerprint density at radius 2 is 1.63 bits per heavy atom. The number of para-hydroxylation sites is 1. The molecule has 3 N–H and O–H groups in total. The molecular formula is C20H25N3O19P4-4. The summed E-state index contributed by atoms with van der Waals surface area (Å²) < 4.78 is 76.8. The van der Waals surface area contributed by atoms with Crippen molar-refractivity contribution < 1.29 is 79.5 Å². The predicted octanol–water partition coefficient (Wildman–Crippen LogP) is -1.26. The van der Waals surface area contributed by atoms with Crippen LogP contribution >= 0.6 is 31.3 Å². The summed E-state index contributed by atoms with van der Waals surface area (Å²) >= 11 is 0. The van der Waals surface area contributed by atoms with Crippen molar-refractivity contribution in [1.29, 1.82) is 0 Å². The van der Waals surface area contributed by atoms with Gasteiger partial charge < -0.3 is 48.8 Å². The van der Waals surface area contributed by atoms with Gasteiger partial charge in [-0.1, -0.05) is 25.1 Å². The Labute approximate surface area is 258 Å². The number of aromatic nitrogens is 2. The van der Waals surface area contributed by atoms with Crippen molar-refractivity contribution in [1.82, 2.24) is 9.55 Å². The summed E-state index contributed by atoms with van der Waals surface area (Å²) in [4.78, 5) is 74.3. The van der Waals surface area contributed by atoms with Crippen molar-refractivity contribution >= 4 is 42.9 Å². The second-order valence-corrected chi connectivity index (χ2v) is 15.3. The van der Waals surface area contributed by atoms with Gasteiger partial charge in [-0.25, -0.2) is 22.3 Å². The number of rotatable bonds is 17. The van der Waals surface area contributed by atoms with Crippen molar-refractivity contribution in [3.63, 3.8) is 0 Å². The zero-order valence-corrected chi connectivity index (χ0v) is 26.8. The zero-order valence-electron chi connectivity index (χ0n) is 23.2. The van der Waals surface area contributed by atoms with E-state index in [9.17, 15) is 57.7 Å². The van der Waals surface area contributed by atoms with Crippen molar-refractivity contribution in [2.24, 2.45) is 5.92 Å². The molecular weight excluding hydrogens is 710 g/mol. The van der Waals surface area contributed by atoms with Crippen LogP contribution in [0.1, 0.15) is 26.0 Å². The summed E-state index contributed by atoms with van der Waals surface area (Å²) in [6.45, 7) is -0.352. The van der Waals surface area contributed by atoms with E-state index in [4.69, 9.17) is 4.74 Å². The Morgan fingerprint density at radius 3 is 2.24 bits per heavy atom. The van der Waals surface area contributed by atoms with Crippen LogP contribution in [0.15, 0.2) is 52.2 Å². The van der Waals surface area contributed by atoms with Crippen molar-refractivity contribution in [3.05, 3.63) is 63.4 Å². The number of nitrogens with zero attached hydrogens (tertiary/aromatic N) is 1. The molecule has 0 radical (unpaired) electrons. The average molecular weight is 735 g/mol. The third-order valence-electron chi connectivity index (χ3n) is 5.65. The van der Waals surface area contributed by atoms with Gasteiger partial charge in [0.05, 0.1) is 19.3 Å². The molecule has 22 nitrogen and oxygen atoms in total. The van der Waals surface area contributed by atoms with Crippen molar-refractivity contribution in [3.8, 4) is 0 Å². The first-order valence-electron chi connectivity index (χ1n) is 12.7. The predicted molar refractivity (Wildman–Crippen MR) is 141 cm³/mol. The summed E-state index contributed by atoms with van der Waals surface area (Å²) in [6, 6.07) is 8.95. The van der Waals surface area contributed by atoms with Crippen LogP contribution in [0, 0.1) is 5.92 Å². The zero-order chi connectivity index (χ0) is 34.3. The number of carbonyl (C=O) groups excluding carboxylic acids is 1. The van der Waals surface area contributed by atoms with Gasteiger partial charge in [0.1, 0.15) is 12.3 Å². The van der Waals surface area contributed by atoms with Gasteiger partial charge in [-0.2, -0.15) is 0 Å². The molecule has 1 aromatic heterocycles. The molecule has 1 saturated heterocycles. The molecule has 46 heavy (non-hydrogen) atoms. The molecule has 2 heterocycles. The number of hydrogen-bond donors (Lipinski definition) is 3. The van der Waals surface area contributed by atoms with Crippen LogP contribution in [0.25, 0.3) is 0 Å². The second-order valence-electron chi connectivity index (χ2n) is 9.09. The molecule has 258 valence electrons. The molecule has 1 aromatic carbocycles. The number of hydrogen-bond acceptors (Lipinski definition) is 19. The Balaban J connectivity index is 1.74. The lowest BCUT2D eigenvalue weighted by Crippen LogP contribution is -2.36. The third kappa shape index (κ3) is 11.2. The molecule has 1 amide bonds. The van der Waals surface area contributed by atoms with Gasteiger partial charge in [0.2, 0.25) is 5.91 Å². The van der Waals surface area contributed by atoms with Gasteiger partial charge in [-0.3, -0.25) is 32.8 Å². The SMILES string of the molecule is CCCOP(=O)([O-])OP(=O)([O-])OP(=O)(O[O-])OP(=O)([O-])OC[C@H]1O[C@@H](n2ccc(=O)[nH]c2=O)C(CC(=O)Nc2ccccc2)[C@H]1O. The van der Waals surface area contributed by atoms with Crippen molar-refractivity contribution in [2.75, 3.05) is 18.5 Å². The van der Waals surface area contributed by atoms with Crippen LogP contribution in [-0.2, 0) is 54.4 Å². The molecule has 0 saturated carbocycles. The molecule has 2 aromatic rings. The van der Waals surface area contributed by atoms with Crippen LogP contribution in [0.3, 0.4) is 0 Å². The number of benzene rings is 1. The summed E-state index contributed by atoms with van der Waals surface area (Å²) in [5.74, 6) is -1.98. The molecule has 0 bridgehead atoms. The maximum atomic E-state index is 12.7. The standard InChI is InChI=1S/C20H29N3O19P4/c1-2-10-36-43(29,30)40-45(33,34)42-46(35,39-28)41-44(31,32)37-12-15-18(26)14(11-17(25)21-13-6-4-3-5-7-13)19(38-15)23-9-8-16(24)22-20(23)27/h3-9,14-15,18-19,26,28H,2,10-12H2,1H3,(H,21,25)(H,29,30)(H,31,32)(H,33,34)(H,22,24,27)/p-4/t14?,15-,18-,19-,46?/m1/s1. The fraction of sp³-hybridized carbons (Fsp3) is 0.450. The molecule has 1 aliphatic rings. The van der Waals surface area contributed by atoms with Crippen LogP contribution in [-0.4, -0.2) is 46.0 Å². The lowest BCUT2D eigenvalue weighted by molar-refractivity contribution is -0.642. The highest BCUT2D eigenvalue weighted by Crippen LogP contribution is 2.70. The Morgan fingerprint density at radius 1 is 1.00 bits per heavy atom. The minimum atomic E-state index is -6.37. The monoisotopic (exact) mass is 735 g/mol. The Kier molecular flexibility index (Phi) is 13.1. The van der Waals surface area contributed by atoms with Gasteiger partial charge in [0.15, 0.2) is 0 Å². The van der Waals surface area contributed by atoms with Gasteiger partial charge >= 0.3 is 13.5 Å². The molecule has 0 aliphatic carbocycles. The number of phosphoric acid groups is 4.